The summed E-state index contributed by atoms with van der Waals surface area (Å²) in [6, 6.07) is 25.3. The molecule has 0 bridgehead atoms. The van der Waals surface area contributed by atoms with Crippen LogP contribution in [0.5, 0.6) is 0 Å². The van der Waals surface area contributed by atoms with E-state index in [4.69, 9.17) is 4.42 Å². The molecule has 28 heavy (non-hydrogen) atoms. The Morgan fingerprint density at radius 3 is 2.25 bits per heavy atom. The van der Waals surface area contributed by atoms with Gasteiger partial charge in [0.05, 0.1) is 0 Å². The molecule has 0 saturated carbocycles. The van der Waals surface area contributed by atoms with Gasteiger partial charge in [0.25, 0.3) is 0 Å². The quantitative estimate of drug-likeness (QED) is 0.467. The lowest BCUT2D eigenvalue weighted by atomic mass is 10.0. The smallest absolute Gasteiger partial charge is 0.182 e. The Balaban J connectivity index is 1.78. The van der Waals surface area contributed by atoms with Crippen molar-refractivity contribution < 1.29 is 4.42 Å². The van der Waals surface area contributed by atoms with Gasteiger partial charge in [0.15, 0.2) is 5.43 Å². The lowest BCUT2D eigenvalue weighted by molar-refractivity contribution is 0.580. The van der Waals surface area contributed by atoms with Crippen molar-refractivity contribution in [2.75, 3.05) is 19.0 Å². The van der Waals surface area contributed by atoms with Gasteiger partial charge in [0.2, 0.25) is 0 Å². The minimum Gasteiger partial charge on any atom is -0.456 e. The van der Waals surface area contributed by atoms with Crippen LogP contribution in [0.4, 0.5) is 5.69 Å². The number of nitrogens with zero attached hydrogens (tertiary/aromatic N) is 1. The van der Waals surface area contributed by atoms with Gasteiger partial charge in [-0.05, 0) is 41.5 Å². The SMILES string of the molecule is CN(C)c1ccc(/C=C/c2cc(-c3ccccc3)oc3cc(=O)ccc2-3)cc1. The Bertz CT molecular complexity index is 1140. The molecule has 0 fully saturated rings. The molecule has 4 rings (SSSR count). The second kappa shape index (κ2) is 7.57. The van der Waals surface area contributed by atoms with Gasteiger partial charge in [0, 0.05) is 37.0 Å². The van der Waals surface area contributed by atoms with Crippen LogP contribution in [0.2, 0.25) is 0 Å². The zero-order chi connectivity index (χ0) is 19.5. The summed E-state index contributed by atoms with van der Waals surface area (Å²) in [4.78, 5) is 13.9. The molecule has 0 atom stereocenters. The fourth-order valence-corrected chi connectivity index (χ4v) is 3.14. The molecule has 0 radical (unpaired) electrons. The van der Waals surface area contributed by atoms with E-state index in [-0.39, 0.29) is 5.43 Å². The van der Waals surface area contributed by atoms with Crippen molar-refractivity contribution in [3.63, 3.8) is 0 Å². The first-order valence-electron chi connectivity index (χ1n) is 9.19. The highest BCUT2D eigenvalue weighted by atomic mass is 16.3. The molecule has 1 aliphatic carbocycles. The normalized spacial score (nSPS) is 11.2. The van der Waals surface area contributed by atoms with Crippen LogP contribution in [0.15, 0.2) is 88.1 Å². The van der Waals surface area contributed by atoms with Gasteiger partial charge < -0.3 is 9.32 Å². The fraction of sp³-hybridized carbons (Fsp3) is 0.0800. The van der Waals surface area contributed by atoms with Gasteiger partial charge in [0.1, 0.15) is 11.5 Å². The molecule has 1 heterocycles. The van der Waals surface area contributed by atoms with Gasteiger partial charge in [-0.1, -0.05) is 54.6 Å². The predicted molar refractivity (Wildman–Crippen MR) is 117 cm³/mol. The first-order valence-corrected chi connectivity index (χ1v) is 9.19. The number of benzene rings is 3. The summed E-state index contributed by atoms with van der Waals surface area (Å²) in [5.41, 5.74) is 5.12. The predicted octanol–water partition coefficient (Wildman–Crippen LogP) is 5.65. The van der Waals surface area contributed by atoms with Crippen molar-refractivity contribution in [2.24, 2.45) is 0 Å². The van der Waals surface area contributed by atoms with Crippen LogP contribution in [0.25, 0.3) is 34.8 Å². The Hall–Kier alpha value is -3.59. The molecule has 0 saturated heterocycles. The maximum atomic E-state index is 11.8. The Labute approximate surface area is 164 Å². The zero-order valence-corrected chi connectivity index (χ0v) is 15.9. The first-order chi connectivity index (χ1) is 13.6. The van der Waals surface area contributed by atoms with Gasteiger partial charge >= 0.3 is 0 Å². The fourth-order valence-electron chi connectivity index (χ4n) is 3.14. The van der Waals surface area contributed by atoms with Crippen LogP contribution in [-0.4, -0.2) is 14.1 Å². The largest absolute Gasteiger partial charge is 0.456 e. The zero-order valence-electron chi connectivity index (χ0n) is 15.9. The average molecular weight is 367 g/mol. The van der Waals surface area contributed by atoms with Crippen LogP contribution >= 0.6 is 0 Å². The van der Waals surface area contributed by atoms with E-state index in [2.05, 4.69) is 41.3 Å². The molecule has 1 aliphatic heterocycles. The molecular weight excluding hydrogens is 346 g/mol. The Kier molecular flexibility index (Phi) is 4.81. The second-order valence-corrected chi connectivity index (χ2v) is 6.91. The van der Waals surface area contributed by atoms with E-state index in [0.717, 1.165) is 33.7 Å². The van der Waals surface area contributed by atoms with E-state index in [1.165, 1.54) is 0 Å². The highest BCUT2D eigenvalue weighted by Gasteiger charge is 2.12. The number of hydrogen-bond donors (Lipinski definition) is 0. The minimum atomic E-state index is -0.0596. The number of fused-ring (bicyclic) bond motifs is 1. The maximum absolute atomic E-state index is 11.8. The third-order valence-corrected chi connectivity index (χ3v) is 4.69. The molecule has 0 spiro atoms. The van der Waals surface area contributed by atoms with E-state index < -0.39 is 0 Å². The number of rotatable bonds is 4. The standard InChI is InChI=1S/C25H21NO2/c1-26(2)21-12-9-18(10-13-21)8-11-20-16-24(19-6-4-3-5-7-19)28-25-17-22(27)14-15-23(20)25/h3-17H,1-2H3/b11-8+. The van der Waals surface area contributed by atoms with Crippen LogP contribution in [0.3, 0.4) is 0 Å². The molecule has 3 heteroatoms. The molecular formula is C25H21NO2. The van der Waals surface area contributed by atoms with Crippen molar-refractivity contribution in [1.82, 2.24) is 0 Å². The number of hydrogen-bond acceptors (Lipinski definition) is 3. The lowest BCUT2D eigenvalue weighted by Gasteiger charge is -2.12. The van der Waals surface area contributed by atoms with Crippen molar-refractivity contribution in [2.45, 2.75) is 0 Å². The summed E-state index contributed by atoms with van der Waals surface area (Å²) >= 11 is 0. The van der Waals surface area contributed by atoms with E-state index >= 15 is 0 Å². The topological polar surface area (TPSA) is 33.5 Å². The van der Waals surface area contributed by atoms with Crippen molar-refractivity contribution >= 4 is 17.8 Å². The number of anilines is 1. The van der Waals surface area contributed by atoms with Gasteiger partial charge in [-0.25, -0.2) is 0 Å². The summed E-state index contributed by atoms with van der Waals surface area (Å²) < 4.78 is 6.02. The van der Waals surface area contributed by atoms with E-state index in [0.29, 0.717) is 5.76 Å². The van der Waals surface area contributed by atoms with Gasteiger partial charge in [-0.2, -0.15) is 0 Å². The third-order valence-electron chi connectivity index (χ3n) is 4.69. The van der Waals surface area contributed by atoms with Gasteiger partial charge in [-0.15, -0.1) is 0 Å². The second-order valence-electron chi connectivity index (χ2n) is 6.91. The van der Waals surface area contributed by atoms with Crippen molar-refractivity contribution in [3.8, 4) is 22.6 Å². The molecule has 0 aromatic heterocycles. The molecule has 2 aromatic rings. The highest BCUT2D eigenvalue weighted by Crippen LogP contribution is 2.32. The first kappa shape index (κ1) is 17.8. The summed E-state index contributed by atoms with van der Waals surface area (Å²) in [5, 5.41) is 0. The lowest BCUT2D eigenvalue weighted by Crippen LogP contribution is -2.07. The molecule has 3 nitrogen and oxygen atoms in total. The molecule has 138 valence electrons. The van der Waals surface area contributed by atoms with E-state index in [1.807, 2.05) is 56.6 Å². The van der Waals surface area contributed by atoms with E-state index in [9.17, 15) is 4.79 Å². The maximum Gasteiger partial charge on any atom is 0.182 e. The molecule has 0 unspecified atom stereocenters. The van der Waals surface area contributed by atoms with Crippen LogP contribution in [-0.2, 0) is 0 Å². The molecule has 0 amide bonds. The molecule has 2 aromatic carbocycles. The summed E-state index contributed by atoms with van der Waals surface area (Å²) in [6.07, 6.45) is 4.15. The Morgan fingerprint density at radius 2 is 1.54 bits per heavy atom. The molecule has 0 N–H and O–H groups in total. The van der Waals surface area contributed by atoms with Gasteiger partial charge in [-0.3, -0.25) is 4.79 Å². The van der Waals surface area contributed by atoms with E-state index in [1.54, 1.807) is 12.1 Å². The van der Waals surface area contributed by atoms with Crippen LogP contribution < -0.4 is 10.3 Å². The highest BCUT2D eigenvalue weighted by molar-refractivity contribution is 5.82. The summed E-state index contributed by atoms with van der Waals surface area (Å²) in [7, 11) is 4.06. The average Bonchev–Trinajstić information content (AvgIpc) is 2.72. The van der Waals surface area contributed by atoms with Crippen molar-refractivity contribution in [1.29, 1.82) is 0 Å². The van der Waals surface area contributed by atoms with Crippen LogP contribution in [0.1, 0.15) is 11.1 Å². The minimum absolute atomic E-state index is 0.0596. The summed E-state index contributed by atoms with van der Waals surface area (Å²) in [6.45, 7) is 0. The Morgan fingerprint density at radius 1 is 0.786 bits per heavy atom. The van der Waals surface area contributed by atoms with Crippen molar-refractivity contribution in [3.05, 3.63) is 100 Å². The molecule has 2 aliphatic rings. The third kappa shape index (κ3) is 3.74. The summed E-state index contributed by atoms with van der Waals surface area (Å²) in [5.74, 6) is 1.33. The van der Waals surface area contributed by atoms with Crippen LogP contribution in [0, 0.1) is 0 Å². The monoisotopic (exact) mass is 367 g/mol.